The number of methoxy groups -OCH3 is 1. The van der Waals surface area contributed by atoms with Crippen LogP contribution in [0.4, 0.5) is 0 Å². The summed E-state index contributed by atoms with van der Waals surface area (Å²) in [5.74, 6) is -0.0208. The first kappa shape index (κ1) is 14.7. The lowest BCUT2D eigenvalue weighted by Crippen LogP contribution is -2.34. The molecule has 0 fully saturated rings. The average Bonchev–Trinajstić information content (AvgIpc) is 2.81. The predicted octanol–water partition coefficient (Wildman–Crippen LogP) is 1.33. The monoisotopic (exact) mass is 253 g/mol. The zero-order valence-electron chi connectivity index (χ0n) is 11.7. The summed E-state index contributed by atoms with van der Waals surface area (Å²) in [6.45, 7) is 7.06. The molecule has 0 aliphatic rings. The molecule has 18 heavy (non-hydrogen) atoms. The SMILES string of the molecule is CCc1cc(CC)n(C(C)C(=O)NCCOC)n1. The molecule has 102 valence electrons. The van der Waals surface area contributed by atoms with Crippen LogP contribution in [0.1, 0.15) is 38.2 Å². The van der Waals surface area contributed by atoms with Gasteiger partial charge >= 0.3 is 0 Å². The van der Waals surface area contributed by atoms with Crippen LogP contribution in [-0.2, 0) is 22.4 Å². The fourth-order valence-electron chi connectivity index (χ4n) is 1.80. The minimum absolute atomic E-state index is 0.0208. The van der Waals surface area contributed by atoms with Crippen LogP contribution in [0.25, 0.3) is 0 Å². The maximum atomic E-state index is 12.0. The van der Waals surface area contributed by atoms with Crippen molar-refractivity contribution < 1.29 is 9.53 Å². The molecule has 1 heterocycles. The van der Waals surface area contributed by atoms with Gasteiger partial charge in [-0.1, -0.05) is 13.8 Å². The zero-order chi connectivity index (χ0) is 13.5. The second-order valence-electron chi connectivity index (χ2n) is 4.24. The van der Waals surface area contributed by atoms with E-state index in [1.807, 2.05) is 11.6 Å². The van der Waals surface area contributed by atoms with Crippen molar-refractivity contribution in [2.75, 3.05) is 20.3 Å². The maximum Gasteiger partial charge on any atom is 0.244 e. The van der Waals surface area contributed by atoms with Gasteiger partial charge in [0.25, 0.3) is 0 Å². The van der Waals surface area contributed by atoms with Gasteiger partial charge in [0, 0.05) is 19.3 Å². The lowest BCUT2D eigenvalue weighted by molar-refractivity contribution is -0.124. The summed E-state index contributed by atoms with van der Waals surface area (Å²) in [5.41, 5.74) is 2.13. The summed E-state index contributed by atoms with van der Waals surface area (Å²) in [5, 5.41) is 7.31. The molecule has 0 aromatic carbocycles. The molecule has 1 rings (SSSR count). The van der Waals surface area contributed by atoms with E-state index in [9.17, 15) is 4.79 Å². The van der Waals surface area contributed by atoms with E-state index in [0.717, 1.165) is 24.2 Å². The van der Waals surface area contributed by atoms with E-state index in [-0.39, 0.29) is 11.9 Å². The minimum atomic E-state index is -0.280. The van der Waals surface area contributed by atoms with Crippen molar-refractivity contribution in [3.05, 3.63) is 17.5 Å². The third kappa shape index (κ3) is 3.57. The smallest absolute Gasteiger partial charge is 0.244 e. The predicted molar refractivity (Wildman–Crippen MR) is 70.6 cm³/mol. The van der Waals surface area contributed by atoms with E-state index in [1.54, 1.807) is 7.11 Å². The van der Waals surface area contributed by atoms with Crippen molar-refractivity contribution in [1.82, 2.24) is 15.1 Å². The number of carbonyl (C=O) groups is 1. The molecule has 5 nitrogen and oxygen atoms in total. The number of ether oxygens (including phenoxy) is 1. The van der Waals surface area contributed by atoms with Gasteiger partial charge in [-0.2, -0.15) is 5.10 Å². The van der Waals surface area contributed by atoms with Gasteiger partial charge in [-0.15, -0.1) is 0 Å². The van der Waals surface area contributed by atoms with Crippen LogP contribution < -0.4 is 5.32 Å². The zero-order valence-corrected chi connectivity index (χ0v) is 11.7. The molecule has 1 unspecified atom stereocenters. The number of aromatic nitrogens is 2. The Hall–Kier alpha value is -1.36. The molecule has 0 saturated heterocycles. The highest BCUT2D eigenvalue weighted by atomic mass is 16.5. The summed E-state index contributed by atoms with van der Waals surface area (Å²) in [7, 11) is 1.62. The molecule has 5 heteroatoms. The molecule has 0 saturated carbocycles. The summed E-state index contributed by atoms with van der Waals surface area (Å²) in [6.07, 6.45) is 1.76. The Balaban J connectivity index is 2.72. The number of nitrogens with zero attached hydrogens (tertiary/aromatic N) is 2. The van der Waals surface area contributed by atoms with E-state index < -0.39 is 0 Å². The molecule has 0 spiro atoms. The molecular weight excluding hydrogens is 230 g/mol. The van der Waals surface area contributed by atoms with Gasteiger partial charge in [-0.05, 0) is 25.8 Å². The van der Waals surface area contributed by atoms with E-state index >= 15 is 0 Å². The van der Waals surface area contributed by atoms with Crippen molar-refractivity contribution in [2.24, 2.45) is 0 Å². The Morgan fingerprint density at radius 3 is 2.78 bits per heavy atom. The van der Waals surface area contributed by atoms with E-state index in [4.69, 9.17) is 4.74 Å². The first-order valence-electron chi connectivity index (χ1n) is 6.47. The molecular formula is C13H23N3O2. The average molecular weight is 253 g/mol. The Bertz CT molecular complexity index is 388. The molecule has 0 aliphatic heterocycles. The van der Waals surface area contributed by atoms with Crippen molar-refractivity contribution in [3.8, 4) is 0 Å². The third-order valence-electron chi connectivity index (χ3n) is 2.94. The summed E-state index contributed by atoms with van der Waals surface area (Å²) in [6, 6.07) is 1.79. The van der Waals surface area contributed by atoms with Crippen LogP contribution in [0.3, 0.4) is 0 Å². The highest BCUT2D eigenvalue weighted by Crippen LogP contribution is 2.13. The number of carbonyl (C=O) groups excluding carboxylic acids is 1. The van der Waals surface area contributed by atoms with Crippen molar-refractivity contribution in [1.29, 1.82) is 0 Å². The molecule has 0 radical (unpaired) electrons. The first-order valence-corrected chi connectivity index (χ1v) is 6.47. The Kier molecular flexibility index (Phi) is 5.85. The highest BCUT2D eigenvalue weighted by molar-refractivity contribution is 5.79. The Labute approximate surface area is 109 Å². The van der Waals surface area contributed by atoms with Crippen LogP contribution in [0.2, 0.25) is 0 Å². The van der Waals surface area contributed by atoms with Gasteiger partial charge in [-0.25, -0.2) is 0 Å². The summed E-state index contributed by atoms with van der Waals surface area (Å²) >= 11 is 0. The second-order valence-corrected chi connectivity index (χ2v) is 4.24. The maximum absolute atomic E-state index is 12.0. The Morgan fingerprint density at radius 1 is 1.50 bits per heavy atom. The quantitative estimate of drug-likeness (QED) is 0.746. The van der Waals surface area contributed by atoms with Crippen LogP contribution in [0.15, 0.2) is 6.07 Å². The second kappa shape index (κ2) is 7.16. The van der Waals surface area contributed by atoms with E-state index in [0.29, 0.717) is 13.2 Å². The molecule has 1 N–H and O–H groups in total. The lowest BCUT2D eigenvalue weighted by Gasteiger charge is -2.15. The first-order chi connectivity index (χ1) is 8.63. The van der Waals surface area contributed by atoms with Crippen LogP contribution >= 0.6 is 0 Å². The third-order valence-corrected chi connectivity index (χ3v) is 2.94. The lowest BCUT2D eigenvalue weighted by atomic mass is 10.2. The van der Waals surface area contributed by atoms with Gasteiger partial charge in [-0.3, -0.25) is 9.48 Å². The normalized spacial score (nSPS) is 12.4. The summed E-state index contributed by atoms with van der Waals surface area (Å²) < 4.78 is 6.73. The number of nitrogens with one attached hydrogen (secondary N) is 1. The largest absolute Gasteiger partial charge is 0.383 e. The molecule has 1 amide bonds. The number of hydrogen-bond acceptors (Lipinski definition) is 3. The van der Waals surface area contributed by atoms with Crippen molar-refractivity contribution in [2.45, 2.75) is 39.7 Å². The number of amides is 1. The van der Waals surface area contributed by atoms with Gasteiger partial charge in [0.05, 0.1) is 12.3 Å². The van der Waals surface area contributed by atoms with Crippen LogP contribution in [0, 0.1) is 0 Å². The molecule has 0 bridgehead atoms. The Morgan fingerprint density at radius 2 is 2.22 bits per heavy atom. The number of hydrogen-bond donors (Lipinski definition) is 1. The fourth-order valence-corrected chi connectivity index (χ4v) is 1.80. The number of aryl methyl sites for hydroxylation is 2. The van der Waals surface area contributed by atoms with Gasteiger partial charge < -0.3 is 10.1 Å². The fraction of sp³-hybridized carbons (Fsp3) is 0.692. The molecule has 1 atom stereocenters. The van der Waals surface area contributed by atoms with Crippen LogP contribution in [-0.4, -0.2) is 35.9 Å². The highest BCUT2D eigenvalue weighted by Gasteiger charge is 2.18. The minimum Gasteiger partial charge on any atom is -0.383 e. The van der Waals surface area contributed by atoms with E-state index in [1.165, 1.54) is 0 Å². The molecule has 1 aromatic rings. The van der Waals surface area contributed by atoms with Gasteiger partial charge in [0.2, 0.25) is 5.91 Å². The van der Waals surface area contributed by atoms with Gasteiger partial charge in [0.1, 0.15) is 6.04 Å². The standard InChI is InChI=1S/C13H23N3O2/c1-5-11-9-12(6-2)16(15-11)10(3)13(17)14-7-8-18-4/h9-10H,5-8H2,1-4H3,(H,14,17). The summed E-state index contributed by atoms with van der Waals surface area (Å²) in [4.78, 5) is 12.0. The van der Waals surface area contributed by atoms with Crippen molar-refractivity contribution in [3.63, 3.8) is 0 Å². The topological polar surface area (TPSA) is 56.2 Å². The van der Waals surface area contributed by atoms with E-state index in [2.05, 4.69) is 30.3 Å². The molecule has 0 aliphatic carbocycles. The van der Waals surface area contributed by atoms with Crippen LogP contribution in [0.5, 0.6) is 0 Å². The van der Waals surface area contributed by atoms with Crippen molar-refractivity contribution >= 4 is 5.91 Å². The molecule has 1 aromatic heterocycles. The van der Waals surface area contributed by atoms with Gasteiger partial charge in [0.15, 0.2) is 0 Å². The number of rotatable bonds is 7.